The van der Waals surface area contributed by atoms with Gasteiger partial charge in [0.1, 0.15) is 11.5 Å². The van der Waals surface area contributed by atoms with Crippen LogP contribution in [-0.2, 0) is 16.0 Å². The topological polar surface area (TPSA) is 95.5 Å². The number of nitrogens with zero attached hydrogens (tertiary/aromatic N) is 2. The highest BCUT2D eigenvalue weighted by atomic mass is 16.5. The zero-order valence-electron chi connectivity index (χ0n) is 19.3. The fourth-order valence-corrected chi connectivity index (χ4v) is 4.61. The molecule has 0 spiro atoms. The Bertz CT molecular complexity index is 1410. The lowest BCUT2D eigenvalue weighted by Crippen LogP contribution is -2.31. The van der Waals surface area contributed by atoms with E-state index in [1.165, 1.54) is 4.90 Å². The minimum absolute atomic E-state index is 0.0612. The van der Waals surface area contributed by atoms with Crippen molar-refractivity contribution in [2.24, 2.45) is 0 Å². The molecular formula is C28H25N3O4. The fraction of sp³-hybridized carbons (Fsp3) is 0.179. The van der Waals surface area contributed by atoms with E-state index in [2.05, 4.69) is 9.97 Å². The molecular weight excluding hydrogens is 442 g/mol. The lowest BCUT2D eigenvalue weighted by molar-refractivity contribution is -0.139. The molecule has 176 valence electrons. The molecule has 4 aromatic rings. The van der Waals surface area contributed by atoms with E-state index in [1.807, 2.05) is 43.5 Å². The van der Waals surface area contributed by atoms with E-state index in [0.29, 0.717) is 36.4 Å². The van der Waals surface area contributed by atoms with E-state index in [1.54, 1.807) is 42.7 Å². The van der Waals surface area contributed by atoms with Crippen LogP contribution in [0, 0.1) is 0 Å². The molecule has 1 saturated heterocycles. The minimum atomic E-state index is -0.736. The molecule has 35 heavy (non-hydrogen) atoms. The lowest BCUT2D eigenvalue weighted by Gasteiger charge is -2.25. The van der Waals surface area contributed by atoms with E-state index in [0.717, 1.165) is 16.5 Å². The van der Waals surface area contributed by atoms with Gasteiger partial charge in [-0.05, 0) is 60.9 Å². The summed E-state index contributed by atoms with van der Waals surface area (Å²) in [6, 6.07) is 17.6. The second-order valence-electron chi connectivity index (χ2n) is 8.35. The zero-order valence-corrected chi connectivity index (χ0v) is 19.3. The Morgan fingerprint density at radius 1 is 1.09 bits per heavy atom. The first-order valence-electron chi connectivity index (χ1n) is 11.5. The lowest BCUT2D eigenvalue weighted by atomic mass is 9.96. The number of pyridine rings is 1. The van der Waals surface area contributed by atoms with E-state index in [-0.39, 0.29) is 11.3 Å². The number of aliphatic hydroxyl groups excluding tert-OH is 1. The maximum atomic E-state index is 13.2. The molecule has 0 aliphatic carbocycles. The number of benzene rings is 2. The number of ether oxygens (including phenoxy) is 1. The summed E-state index contributed by atoms with van der Waals surface area (Å²) in [4.78, 5) is 35.3. The molecule has 2 N–H and O–H groups in total. The Labute approximate surface area is 202 Å². The van der Waals surface area contributed by atoms with E-state index in [9.17, 15) is 14.7 Å². The third-order valence-corrected chi connectivity index (χ3v) is 6.28. The Balaban J connectivity index is 1.52. The quantitative estimate of drug-likeness (QED) is 0.235. The number of carbonyl (C=O) groups is 2. The van der Waals surface area contributed by atoms with Crippen molar-refractivity contribution in [1.29, 1.82) is 0 Å². The molecule has 1 atom stereocenters. The van der Waals surface area contributed by atoms with Crippen LogP contribution in [0.15, 0.2) is 84.8 Å². The molecule has 1 amide bonds. The highest BCUT2D eigenvalue weighted by molar-refractivity contribution is 6.46. The number of aliphatic hydroxyl groups is 1. The molecule has 2 aromatic heterocycles. The number of ketones is 1. The Hall–Kier alpha value is -4.39. The van der Waals surface area contributed by atoms with Crippen molar-refractivity contribution >= 4 is 28.4 Å². The smallest absolute Gasteiger partial charge is 0.295 e. The summed E-state index contributed by atoms with van der Waals surface area (Å²) in [5, 5.41) is 12.3. The molecule has 0 bridgehead atoms. The van der Waals surface area contributed by atoms with Crippen molar-refractivity contribution in [2.75, 3.05) is 13.2 Å². The molecule has 2 aromatic carbocycles. The summed E-state index contributed by atoms with van der Waals surface area (Å²) < 4.78 is 5.47. The number of rotatable bonds is 7. The molecule has 1 aliphatic rings. The number of carbonyl (C=O) groups excluding carboxylic acids is 2. The Morgan fingerprint density at radius 3 is 2.63 bits per heavy atom. The maximum absolute atomic E-state index is 13.2. The fourth-order valence-electron chi connectivity index (χ4n) is 4.61. The second kappa shape index (κ2) is 9.46. The Kier molecular flexibility index (Phi) is 6.06. The molecule has 7 heteroatoms. The highest BCUT2D eigenvalue weighted by Crippen LogP contribution is 2.39. The number of aromatic nitrogens is 2. The van der Waals surface area contributed by atoms with Crippen molar-refractivity contribution < 1.29 is 19.4 Å². The number of Topliss-reactive ketones (excluding diaryl/α,β-unsaturated/α-hetero) is 1. The van der Waals surface area contributed by atoms with Gasteiger partial charge in [0, 0.05) is 41.6 Å². The second-order valence-corrected chi connectivity index (χ2v) is 8.35. The number of likely N-dealkylation sites (tertiary alicyclic amines) is 1. The Morgan fingerprint density at radius 2 is 1.89 bits per heavy atom. The first kappa shape index (κ1) is 22.4. The maximum Gasteiger partial charge on any atom is 0.295 e. The highest BCUT2D eigenvalue weighted by Gasteiger charge is 2.46. The first-order chi connectivity index (χ1) is 17.1. The summed E-state index contributed by atoms with van der Waals surface area (Å²) in [5.41, 5.74) is 3.24. The van der Waals surface area contributed by atoms with Crippen molar-refractivity contribution in [3.05, 3.63) is 102 Å². The number of hydrogen-bond acceptors (Lipinski definition) is 5. The largest absolute Gasteiger partial charge is 0.507 e. The van der Waals surface area contributed by atoms with Gasteiger partial charge in [-0.15, -0.1) is 0 Å². The molecule has 3 heterocycles. The number of hydrogen-bond donors (Lipinski definition) is 2. The van der Waals surface area contributed by atoms with Crippen LogP contribution in [0.1, 0.15) is 29.7 Å². The van der Waals surface area contributed by atoms with Crippen LogP contribution in [-0.4, -0.2) is 44.8 Å². The zero-order chi connectivity index (χ0) is 24.4. The number of aromatic amines is 1. The average molecular weight is 468 g/mol. The third kappa shape index (κ3) is 4.17. The molecule has 1 unspecified atom stereocenters. The van der Waals surface area contributed by atoms with Crippen LogP contribution >= 0.6 is 0 Å². The molecule has 0 radical (unpaired) electrons. The van der Waals surface area contributed by atoms with Crippen LogP contribution in [0.4, 0.5) is 0 Å². The van der Waals surface area contributed by atoms with E-state index in [4.69, 9.17) is 4.74 Å². The predicted molar refractivity (Wildman–Crippen MR) is 133 cm³/mol. The third-order valence-electron chi connectivity index (χ3n) is 6.28. The van der Waals surface area contributed by atoms with Gasteiger partial charge < -0.3 is 19.7 Å². The summed E-state index contributed by atoms with van der Waals surface area (Å²) in [6.07, 6.45) is 5.74. The molecule has 0 saturated carbocycles. The van der Waals surface area contributed by atoms with Crippen LogP contribution < -0.4 is 4.74 Å². The van der Waals surface area contributed by atoms with Crippen LogP contribution in [0.25, 0.3) is 16.7 Å². The van der Waals surface area contributed by atoms with Gasteiger partial charge in [0.2, 0.25) is 0 Å². The van der Waals surface area contributed by atoms with Gasteiger partial charge in [0.05, 0.1) is 18.2 Å². The van der Waals surface area contributed by atoms with Gasteiger partial charge in [0.25, 0.3) is 11.7 Å². The molecule has 7 nitrogen and oxygen atoms in total. The summed E-state index contributed by atoms with van der Waals surface area (Å²) in [5.74, 6) is -0.891. The van der Waals surface area contributed by atoms with Crippen LogP contribution in [0.3, 0.4) is 0 Å². The van der Waals surface area contributed by atoms with Crippen molar-refractivity contribution in [1.82, 2.24) is 14.9 Å². The monoisotopic (exact) mass is 467 g/mol. The predicted octanol–water partition coefficient (Wildman–Crippen LogP) is 4.63. The molecule has 5 rings (SSSR count). The number of nitrogens with one attached hydrogen (secondary N) is 1. The number of H-pyrrole nitrogens is 1. The summed E-state index contributed by atoms with van der Waals surface area (Å²) in [6.45, 7) is 2.72. The molecule has 1 aliphatic heterocycles. The van der Waals surface area contributed by atoms with Gasteiger partial charge >= 0.3 is 0 Å². The van der Waals surface area contributed by atoms with Gasteiger partial charge in [-0.1, -0.05) is 24.3 Å². The van der Waals surface area contributed by atoms with Gasteiger partial charge in [-0.3, -0.25) is 14.6 Å². The normalized spacial score (nSPS) is 17.3. The van der Waals surface area contributed by atoms with Gasteiger partial charge in [-0.2, -0.15) is 0 Å². The summed E-state index contributed by atoms with van der Waals surface area (Å²) in [7, 11) is 0. The van der Waals surface area contributed by atoms with Crippen molar-refractivity contribution in [3.63, 3.8) is 0 Å². The van der Waals surface area contributed by atoms with Crippen LogP contribution in [0.5, 0.6) is 5.75 Å². The van der Waals surface area contributed by atoms with E-state index < -0.39 is 17.7 Å². The van der Waals surface area contributed by atoms with Gasteiger partial charge in [-0.25, -0.2) is 0 Å². The van der Waals surface area contributed by atoms with E-state index >= 15 is 0 Å². The first-order valence-corrected chi connectivity index (χ1v) is 11.5. The number of amides is 1. The average Bonchev–Trinajstić information content (AvgIpc) is 3.42. The standard InChI is InChI=1S/C28H25N3O4/c1-2-35-21-11-9-18(10-12-21)26(32)24-25(20-6-5-14-29-16-20)31(28(34)27(24)33)15-13-19-17-30-23-8-4-3-7-22(19)23/h3-12,14,16-17,25,30,32H,2,13,15H2,1H3/b26-24+. The molecule has 1 fully saturated rings. The SMILES string of the molecule is CCOc1ccc(/C(O)=C2\C(=O)C(=O)N(CCc3c[nH]c4ccccc34)C2c2cccnc2)cc1. The van der Waals surface area contributed by atoms with Gasteiger partial charge in [0.15, 0.2) is 0 Å². The van der Waals surface area contributed by atoms with Crippen LogP contribution in [0.2, 0.25) is 0 Å². The summed E-state index contributed by atoms with van der Waals surface area (Å²) >= 11 is 0. The number of para-hydroxylation sites is 1. The van der Waals surface area contributed by atoms with Crippen molar-refractivity contribution in [3.8, 4) is 5.75 Å². The minimum Gasteiger partial charge on any atom is -0.507 e. The number of fused-ring (bicyclic) bond motifs is 1. The van der Waals surface area contributed by atoms with Crippen molar-refractivity contribution in [2.45, 2.75) is 19.4 Å².